The van der Waals surface area contributed by atoms with Crippen LogP contribution in [0.4, 0.5) is 11.4 Å². The lowest BCUT2D eigenvalue weighted by Crippen LogP contribution is -2.25. The number of hydrogen-bond acceptors (Lipinski definition) is 2. The van der Waals surface area contributed by atoms with Crippen LogP contribution >= 0.6 is 0 Å². The van der Waals surface area contributed by atoms with Gasteiger partial charge in [0.05, 0.1) is 0 Å². The fraction of sp³-hybridized carbons (Fsp3) is 0.250. The molecular weight excluding hydrogens is 220 g/mol. The van der Waals surface area contributed by atoms with E-state index < -0.39 is 0 Å². The Morgan fingerprint density at radius 1 is 1.00 bits per heavy atom. The maximum Gasteiger partial charge on any atom is 0.0366 e. The van der Waals surface area contributed by atoms with Gasteiger partial charge in [-0.25, -0.2) is 0 Å². The summed E-state index contributed by atoms with van der Waals surface area (Å²) in [6.07, 6.45) is 1.02. The summed E-state index contributed by atoms with van der Waals surface area (Å²) in [5.41, 5.74) is 9.21. The quantitative estimate of drug-likeness (QED) is 0.812. The Bertz CT molecular complexity index is 479. The number of nitrogens with zero attached hydrogens (tertiary/aromatic N) is 1. The Morgan fingerprint density at radius 3 is 2.44 bits per heavy atom. The molecule has 0 unspecified atom stereocenters. The van der Waals surface area contributed by atoms with E-state index in [0.717, 1.165) is 25.2 Å². The van der Waals surface area contributed by atoms with Crippen molar-refractivity contribution in [2.75, 3.05) is 23.7 Å². The maximum atomic E-state index is 5.79. The van der Waals surface area contributed by atoms with Crippen LogP contribution in [0.3, 0.4) is 0 Å². The van der Waals surface area contributed by atoms with Crippen LogP contribution in [0.25, 0.3) is 0 Å². The summed E-state index contributed by atoms with van der Waals surface area (Å²) in [5, 5.41) is 0. The number of rotatable bonds is 5. The highest BCUT2D eigenvalue weighted by Crippen LogP contribution is 2.14. The molecule has 0 heterocycles. The van der Waals surface area contributed by atoms with E-state index in [4.69, 9.17) is 5.73 Å². The van der Waals surface area contributed by atoms with Gasteiger partial charge in [0.15, 0.2) is 0 Å². The third-order valence-electron chi connectivity index (χ3n) is 3.12. The Kier molecular flexibility index (Phi) is 4.24. The summed E-state index contributed by atoms with van der Waals surface area (Å²) < 4.78 is 0. The molecule has 0 radical (unpaired) electrons. The molecule has 0 fully saturated rings. The predicted octanol–water partition coefficient (Wildman–Crippen LogP) is 3.34. The lowest BCUT2D eigenvalue weighted by molar-refractivity contribution is 0.809. The molecule has 2 rings (SSSR count). The zero-order chi connectivity index (χ0) is 12.8. The number of anilines is 2. The summed E-state index contributed by atoms with van der Waals surface area (Å²) in [4.78, 5) is 2.38. The van der Waals surface area contributed by atoms with E-state index in [-0.39, 0.29) is 0 Å². The zero-order valence-corrected chi connectivity index (χ0v) is 10.8. The molecule has 0 aromatic heterocycles. The fourth-order valence-electron chi connectivity index (χ4n) is 2.12. The maximum absolute atomic E-state index is 5.79. The molecule has 0 aliphatic rings. The van der Waals surface area contributed by atoms with E-state index in [2.05, 4.69) is 54.3 Å². The van der Waals surface area contributed by atoms with Gasteiger partial charge in [-0.1, -0.05) is 30.3 Å². The topological polar surface area (TPSA) is 29.3 Å². The minimum atomic E-state index is 0.843. The van der Waals surface area contributed by atoms with Crippen molar-refractivity contribution in [3.05, 3.63) is 60.2 Å². The molecule has 0 atom stereocenters. The first-order chi connectivity index (χ1) is 8.79. The minimum absolute atomic E-state index is 0.843. The number of nitrogen functional groups attached to an aromatic ring is 1. The molecule has 0 saturated heterocycles. The van der Waals surface area contributed by atoms with Gasteiger partial charge in [-0.05, 0) is 43.2 Å². The van der Waals surface area contributed by atoms with Crippen LogP contribution in [-0.4, -0.2) is 13.1 Å². The van der Waals surface area contributed by atoms with E-state index in [1.807, 2.05) is 12.1 Å². The monoisotopic (exact) mass is 240 g/mol. The van der Waals surface area contributed by atoms with Crippen molar-refractivity contribution >= 4 is 11.4 Å². The van der Waals surface area contributed by atoms with Crippen molar-refractivity contribution in [3.63, 3.8) is 0 Å². The van der Waals surface area contributed by atoms with Gasteiger partial charge in [-0.2, -0.15) is 0 Å². The molecule has 2 nitrogen and oxygen atoms in total. The lowest BCUT2D eigenvalue weighted by Gasteiger charge is -2.23. The smallest absolute Gasteiger partial charge is 0.0366 e. The van der Waals surface area contributed by atoms with E-state index in [1.54, 1.807) is 0 Å². The second-order valence-electron chi connectivity index (χ2n) is 4.41. The summed E-state index contributed by atoms with van der Waals surface area (Å²) >= 11 is 0. The molecule has 2 aromatic rings. The van der Waals surface area contributed by atoms with Gasteiger partial charge in [0.2, 0.25) is 0 Å². The van der Waals surface area contributed by atoms with Gasteiger partial charge >= 0.3 is 0 Å². The molecule has 0 saturated carbocycles. The van der Waals surface area contributed by atoms with Crippen LogP contribution in [0.15, 0.2) is 54.6 Å². The summed E-state index contributed by atoms with van der Waals surface area (Å²) in [6.45, 7) is 4.22. The molecule has 2 N–H and O–H groups in total. The SMILES string of the molecule is CCN(CCc1cccc(N)c1)c1ccccc1. The first-order valence-corrected chi connectivity index (χ1v) is 6.44. The molecular formula is C16H20N2. The molecule has 94 valence electrons. The van der Waals surface area contributed by atoms with E-state index in [0.29, 0.717) is 0 Å². The summed E-state index contributed by atoms with van der Waals surface area (Å²) in [6, 6.07) is 18.7. The van der Waals surface area contributed by atoms with Gasteiger partial charge in [-0.3, -0.25) is 0 Å². The van der Waals surface area contributed by atoms with Gasteiger partial charge in [-0.15, -0.1) is 0 Å². The summed E-state index contributed by atoms with van der Waals surface area (Å²) in [7, 11) is 0. The van der Waals surface area contributed by atoms with Crippen LogP contribution in [0.1, 0.15) is 12.5 Å². The van der Waals surface area contributed by atoms with E-state index in [9.17, 15) is 0 Å². The molecule has 18 heavy (non-hydrogen) atoms. The number of nitrogens with two attached hydrogens (primary N) is 1. The van der Waals surface area contributed by atoms with Crippen LogP contribution in [-0.2, 0) is 6.42 Å². The third kappa shape index (κ3) is 3.27. The molecule has 0 aliphatic carbocycles. The molecule has 2 heteroatoms. The summed E-state index contributed by atoms with van der Waals surface area (Å²) in [5.74, 6) is 0. The van der Waals surface area contributed by atoms with Crippen molar-refractivity contribution in [1.29, 1.82) is 0 Å². The largest absolute Gasteiger partial charge is 0.399 e. The van der Waals surface area contributed by atoms with Crippen LogP contribution in [0.5, 0.6) is 0 Å². The van der Waals surface area contributed by atoms with Crippen LogP contribution in [0.2, 0.25) is 0 Å². The van der Waals surface area contributed by atoms with Gasteiger partial charge < -0.3 is 10.6 Å². The number of para-hydroxylation sites is 1. The highest BCUT2D eigenvalue weighted by atomic mass is 15.1. The van der Waals surface area contributed by atoms with Crippen LogP contribution < -0.4 is 10.6 Å². The van der Waals surface area contributed by atoms with Crippen molar-refractivity contribution in [3.8, 4) is 0 Å². The second-order valence-corrected chi connectivity index (χ2v) is 4.41. The standard InChI is InChI=1S/C16H20N2/c1-2-18(16-9-4-3-5-10-16)12-11-14-7-6-8-15(17)13-14/h3-10,13H,2,11-12,17H2,1H3. The normalized spacial score (nSPS) is 10.3. The third-order valence-corrected chi connectivity index (χ3v) is 3.12. The van der Waals surface area contributed by atoms with Crippen molar-refractivity contribution < 1.29 is 0 Å². The lowest BCUT2D eigenvalue weighted by atomic mass is 10.1. The molecule has 0 aliphatic heterocycles. The highest BCUT2D eigenvalue weighted by molar-refractivity contribution is 5.46. The molecule has 0 spiro atoms. The fourth-order valence-corrected chi connectivity index (χ4v) is 2.12. The van der Waals surface area contributed by atoms with Crippen molar-refractivity contribution in [2.24, 2.45) is 0 Å². The van der Waals surface area contributed by atoms with Gasteiger partial charge in [0, 0.05) is 24.5 Å². The Hall–Kier alpha value is -1.96. The Labute approximate surface area is 109 Å². The molecule has 2 aromatic carbocycles. The zero-order valence-electron chi connectivity index (χ0n) is 10.8. The first kappa shape index (κ1) is 12.5. The molecule has 0 bridgehead atoms. The minimum Gasteiger partial charge on any atom is -0.399 e. The van der Waals surface area contributed by atoms with Crippen molar-refractivity contribution in [2.45, 2.75) is 13.3 Å². The number of likely N-dealkylation sites (N-methyl/N-ethyl adjacent to an activating group) is 1. The van der Waals surface area contributed by atoms with Crippen molar-refractivity contribution in [1.82, 2.24) is 0 Å². The van der Waals surface area contributed by atoms with Gasteiger partial charge in [0.1, 0.15) is 0 Å². The second kappa shape index (κ2) is 6.10. The number of benzene rings is 2. The average Bonchev–Trinajstić information content (AvgIpc) is 2.41. The van der Waals surface area contributed by atoms with Crippen LogP contribution in [0, 0.1) is 0 Å². The van der Waals surface area contributed by atoms with E-state index >= 15 is 0 Å². The Balaban J connectivity index is 2.00. The van der Waals surface area contributed by atoms with E-state index in [1.165, 1.54) is 11.3 Å². The average molecular weight is 240 g/mol. The van der Waals surface area contributed by atoms with Gasteiger partial charge in [0.25, 0.3) is 0 Å². The number of hydrogen-bond donors (Lipinski definition) is 1. The highest BCUT2D eigenvalue weighted by Gasteiger charge is 2.03. The first-order valence-electron chi connectivity index (χ1n) is 6.44. The predicted molar refractivity (Wildman–Crippen MR) is 78.9 cm³/mol. The molecule has 0 amide bonds. The Morgan fingerprint density at radius 2 is 1.78 bits per heavy atom.